The van der Waals surface area contributed by atoms with Gasteiger partial charge in [0, 0.05) is 12.0 Å². The molecule has 2 N–H and O–H groups in total. The van der Waals surface area contributed by atoms with Crippen LogP contribution >= 0.6 is 12.2 Å². The molecule has 5 nitrogen and oxygen atoms in total. The lowest BCUT2D eigenvalue weighted by Crippen LogP contribution is -2.31. The third-order valence-corrected chi connectivity index (χ3v) is 4.22. The minimum absolute atomic E-state index is 0.00629. The van der Waals surface area contributed by atoms with Crippen LogP contribution in [0.1, 0.15) is 23.6 Å². The Morgan fingerprint density at radius 3 is 2.46 bits per heavy atom. The molecule has 0 amide bonds. The number of methoxy groups -OCH3 is 2. The molecule has 3 rings (SSSR count). The van der Waals surface area contributed by atoms with Crippen molar-refractivity contribution in [3.63, 3.8) is 0 Å². The van der Waals surface area contributed by atoms with E-state index >= 15 is 0 Å². The summed E-state index contributed by atoms with van der Waals surface area (Å²) in [4.78, 5) is 0. The van der Waals surface area contributed by atoms with Crippen molar-refractivity contribution in [2.75, 3.05) is 14.2 Å². The van der Waals surface area contributed by atoms with Crippen molar-refractivity contribution in [1.82, 2.24) is 5.01 Å². The minimum atomic E-state index is 0.00629. The predicted octanol–water partition coefficient (Wildman–Crippen LogP) is 3.10. The van der Waals surface area contributed by atoms with Crippen LogP contribution in [0, 0.1) is 0 Å². The van der Waals surface area contributed by atoms with E-state index in [0.29, 0.717) is 11.5 Å². The zero-order valence-electron chi connectivity index (χ0n) is 13.6. The van der Waals surface area contributed by atoms with Crippen molar-refractivity contribution in [2.24, 2.45) is 10.8 Å². The number of thiocarbonyl (C=S) groups is 1. The molecule has 1 aliphatic heterocycles. The van der Waals surface area contributed by atoms with Crippen molar-refractivity contribution < 1.29 is 9.47 Å². The number of nitrogens with zero attached hydrogens (tertiary/aromatic N) is 2. The number of hydrogen-bond acceptors (Lipinski definition) is 4. The third kappa shape index (κ3) is 3.05. The third-order valence-electron chi connectivity index (χ3n) is 4.04. The summed E-state index contributed by atoms with van der Waals surface area (Å²) in [5.41, 5.74) is 8.88. The van der Waals surface area contributed by atoms with E-state index in [4.69, 9.17) is 27.4 Å². The van der Waals surface area contributed by atoms with Gasteiger partial charge in [0.05, 0.1) is 26.0 Å². The molecule has 0 aliphatic carbocycles. The van der Waals surface area contributed by atoms with Crippen molar-refractivity contribution in [2.45, 2.75) is 12.5 Å². The summed E-state index contributed by atoms with van der Waals surface area (Å²) in [5.74, 6) is 1.35. The summed E-state index contributed by atoms with van der Waals surface area (Å²) < 4.78 is 10.7. The SMILES string of the molecule is COc1ccc(C2=NN(C(N)=S)[C@H](c3ccccc3)C2)cc1OC. The number of ether oxygens (including phenoxy) is 2. The van der Waals surface area contributed by atoms with E-state index in [0.717, 1.165) is 23.3 Å². The first kappa shape index (κ1) is 16.3. The van der Waals surface area contributed by atoms with Crippen molar-refractivity contribution in [3.05, 3.63) is 59.7 Å². The number of rotatable bonds is 4. The molecule has 0 radical (unpaired) electrons. The maximum absolute atomic E-state index is 5.87. The molecule has 2 aromatic rings. The second-order valence-corrected chi connectivity index (χ2v) is 5.85. The first-order valence-corrected chi connectivity index (χ1v) is 7.98. The normalized spacial score (nSPS) is 16.7. The van der Waals surface area contributed by atoms with Gasteiger partial charge in [-0.25, -0.2) is 5.01 Å². The Morgan fingerprint density at radius 1 is 1.12 bits per heavy atom. The summed E-state index contributed by atoms with van der Waals surface area (Å²) in [6.07, 6.45) is 0.719. The first-order valence-electron chi connectivity index (χ1n) is 7.57. The van der Waals surface area contributed by atoms with Gasteiger partial charge >= 0.3 is 0 Å². The number of benzene rings is 2. The van der Waals surface area contributed by atoms with Gasteiger partial charge in [0.25, 0.3) is 0 Å². The van der Waals surface area contributed by atoms with E-state index in [1.54, 1.807) is 19.2 Å². The topological polar surface area (TPSA) is 60.1 Å². The number of hydrogen-bond donors (Lipinski definition) is 1. The maximum atomic E-state index is 5.87. The molecular formula is C18H19N3O2S. The monoisotopic (exact) mass is 341 g/mol. The van der Waals surface area contributed by atoms with Gasteiger partial charge in [-0.1, -0.05) is 30.3 Å². The number of nitrogens with two attached hydrogens (primary N) is 1. The van der Waals surface area contributed by atoms with Crippen LogP contribution in [0.3, 0.4) is 0 Å². The molecule has 0 saturated heterocycles. The van der Waals surface area contributed by atoms with Gasteiger partial charge in [0.2, 0.25) is 0 Å². The lowest BCUT2D eigenvalue weighted by molar-refractivity contribution is 0.355. The van der Waals surface area contributed by atoms with Crippen LogP contribution in [0.4, 0.5) is 0 Å². The first-order chi connectivity index (χ1) is 11.6. The number of hydrazone groups is 1. The molecule has 1 atom stereocenters. The average Bonchev–Trinajstić information content (AvgIpc) is 3.07. The largest absolute Gasteiger partial charge is 0.493 e. The summed E-state index contributed by atoms with van der Waals surface area (Å²) in [6.45, 7) is 0. The fraction of sp³-hybridized carbons (Fsp3) is 0.222. The highest BCUT2D eigenvalue weighted by molar-refractivity contribution is 7.80. The highest BCUT2D eigenvalue weighted by atomic mass is 32.1. The van der Waals surface area contributed by atoms with E-state index in [9.17, 15) is 0 Å². The standard InChI is InChI=1S/C18H19N3O2S/c1-22-16-9-8-13(10-17(16)23-2)14-11-15(21(20-14)18(19)24)12-6-4-3-5-7-12/h3-10,15H,11H2,1-2H3,(H2,19,24)/t15-/m0/s1. The molecule has 2 aromatic carbocycles. The van der Waals surface area contributed by atoms with E-state index in [1.165, 1.54) is 0 Å². The second-order valence-electron chi connectivity index (χ2n) is 5.43. The molecule has 0 aromatic heterocycles. The zero-order valence-corrected chi connectivity index (χ0v) is 14.4. The van der Waals surface area contributed by atoms with Crippen LogP contribution in [-0.4, -0.2) is 30.1 Å². The van der Waals surface area contributed by atoms with E-state index in [2.05, 4.69) is 17.2 Å². The van der Waals surface area contributed by atoms with E-state index in [-0.39, 0.29) is 11.2 Å². The smallest absolute Gasteiger partial charge is 0.187 e. The van der Waals surface area contributed by atoms with Gasteiger partial charge < -0.3 is 15.2 Å². The molecule has 0 bridgehead atoms. The highest BCUT2D eigenvalue weighted by Crippen LogP contribution is 2.35. The molecule has 0 unspecified atom stereocenters. The van der Waals surface area contributed by atoms with Gasteiger partial charge in [-0.05, 0) is 36.0 Å². The van der Waals surface area contributed by atoms with Crippen LogP contribution in [0.15, 0.2) is 53.6 Å². The Hall–Kier alpha value is -2.60. The highest BCUT2D eigenvalue weighted by Gasteiger charge is 2.30. The molecule has 6 heteroatoms. The Morgan fingerprint density at radius 2 is 1.83 bits per heavy atom. The molecule has 124 valence electrons. The zero-order chi connectivity index (χ0) is 17.1. The van der Waals surface area contributed by atoms with Crippen molar-refractivity contribution in [3.8, 4) is 11.5 Å². The maximum Gasteiger partial charge on any atom is 0.187 e. The fourth-order valence-corrected chi connectivity index (χ4v) is 3.01. The van der Waals surface area contributed by atoms with E-state index < -0.39 is 0 Å². The fourth-order valence-electron chi connectivity index (χ4n) is 2.84. The summed E-state index contributed by atoms with van der Waals surface area (Å²) in [5, 5.41) is 6.60. The van der Waals surface area contributed by atoms with Crippen molar-refractivity contribution in [1.29, 1.82) is 0 Å². The van der Waals surface area contributed by atoms with E-state index in [1.807, 2.05) is 36.4 Å². The molecule has 0 fully saturated rings. The van der Waals surface area contributed by atoms with Gasteiger partial charge in [-0.3, -0.25) is 0 Å². The van der Waals surface area contributed by atoms with Crippen LogP contribution in [0.2, 0.25) is 0 Å². The summed E-state index contributed by atoms with van der Waals surface area (Å²) in [7, 11) is 3.23. The second kappa shape index (κ2) is 6.88. The minimum Gasteiger partial charge on any atom is -0.493 e. The Labute approximate surface area is 146 Å². The van der Waals surface area contributed by atoms with Gasteiger partial charge in [-0.15, -0.1) is 0 Å². The molecule has 0 spiro atoms. The Balaban J connectivity index is 1.95. The van der Waals surface area contributed by atoms with Crippen LogP contribution in [0.25, 0.3) is 0 Å². The average molecular weight is 341 g/mol. The Kier molecular flexibility index (Phi) is 4.66. The predicted molar refractivity (Wildman–Crippen MR) is 98.5 cm³/mol. The van der Waals surface area contributed by atoms with Gasteiger partial charge in [-0.2, -0.15) is 5.10 Å². The van der Waals surface area contributed by atoms with Crippen molar-refractivity contribution >= 4 is 23.0 Å². The molecule has 24 heavy (non-hydrogen) atoms. The molecule has 1 heterocycles. The summed E-state index contributed by atoms with van der Waals surface area (Å²) >= 11 is 5.18. The van der Waals surface area contributed by atoms with Crippen LogP contribution in [-0.2, 0) is 0 Å². The molecular weight excluding hydrogens is 322 g/mol. The van der Waals surface area contributed by atoms with Gasteiger partial charge in [0.1, 0.15) is 0 Å². The molecule has 1 aliphatic rings. The Bertz CT molecular complexity index is 777. The lowest BCUT2D eigenvalue weighted by Gasteiger charge is -2.21. The summed E-state index contributed by atoms with van der Waals surface area (Å²) in [6, 6.07) is 15.9. The molecule has 0 saturated carbocycles. The quantitative estimate of drug-likeness (QED) is 0.866. The van der Waals surface area contributed by atoms with Crippen LogP contribution in [0.5, 0.6) is 11.5 Å². The van der Waals surface area contributed by atoms with Crippen LogP contribution < -0.4 is 15.2 Å². The van der Waals surface area contributed by atoms with Gasteiger partial charge in [0.15, 0.2) is 16.6 Å². The lowest BCUT2D eigenvalue weighted by atomic mass is 9.98.